The summed E-state index contributed by atoms with van der Waals surface area (Å²) in [5.41, 5.74) is 9.28. The molecule has 5 heterocycles. The van der Waals surface area contributed by atoms with Gasteiger partial charge in [0.2, 0.25) is 0 Å². The van der Waals surface area contributed by atoms with Gasteiger partial charge in [-0.3, -0.25) is 19.6 Å². The van der Waals surface area contributed by atoms with Crippen LogP contribution >= 0.6 is 11.3 Å². The Morgan fingerprint density at radius 1 is 1.10 bits per heavy atom. The molecule has 0 radical (unpaired) electrons. The number of aliphatic hydroxyl groups is 1. The molecule has 2 amide bonds. The Hall–Kier alpha value is -4.61. The number of ether oxygens (including phenoxy) is 2. The largest absolute Gasteiger partial charge is 0.480 e. The molecule has 59 heavy (non-hydrogen) atoms. The molecule has 2 aliphatic rings. The molecular formula is C43H60N8O7S. The van der Waals surface area contributed by atoms with Crippen LogP contribution < -0.4 is 21.0 Å². The van der Waals surface area contributed by atoms with Crippen LogP contribution in [-0.2, 0) is 38.4 Å². The molecule has 1 aromatic carbocycles. The fourth-order valence-electron chi connectivity index (χ4n) is 7.79. The Balaban J connectivity index is 1.41. The quantitative estimate of drug-likeness (QED) is 0.107. The zero-order chi connectivity index (χ0) is 42.6. The molecule has 0 spiro atoms. The van der Waals surface area contributed by atoms with Crippen LogP contribution in [0.3, 0.4) is 0 Å². The SMILES string of the molecule is CCn1c(-c2cc(N3CCNCC3)cnc2[C@H](C)OC)c(CC(C)(C)CO)c2cc(-c3csc(C[C@H](NC(=O)OC(C)(C)C)C(=O)N4CCC[C@@H](C(=O)O)N4)n3)ccc21. The highest BCUT2D eigenvalue weighted by atomic mass is 32.1. The third kappa shape index (κ3) is 10.2. The number of piperazine rings is 1. The number of aliphatic hydroxyl groups excluding tert-OH is 1. The molecule has 320 valence electrons. The number of carbonyl (C=O) groups excluding carboxylic acids is 2. The second kappa shape index (κ2) is 18.3. The number of amides is 2. The van der Waals surface area contributed by atoms with Crippen molar-refractivity contribution in [2.24, 2.45) is 5.41 Å². The third-order valence-corrected chi connectivity index (χ3v) is 11.8. The van der Waals surface area contributed by atoms with Crippen LogP contribution in [0, 0.1) is 5.41 Å². The average Bonchev–Trinajstić information content (AvgIpc) is 3.81. The minimum absolute atomic E-state index is 0.00189. The molecule has 3 atom stereocenters. The van der Waals surface area contributed by atoms with E-state index in [1.807, 2.05) is 18.5 Å². The fourth-order valence-corrected chi connectivity index (χ4v) is 8.64. The molecule has 3 aromatic heterocycles. The molecule has 4 aromatic rings. The zero-order valence-electron chi connectivity index (χ0n) is 35.6. The molecular weight excluding hydrogens is 773 g/mol. The van der Waals surface area contributed by atoms with Crippen molar-refractivity contribution >= 4 is 45.9 Å². The summed E-state index contributed by atoms with van der Waals surface area (Å²) in [5.74, 6) is -1.52. The maximum Gasteiger partial charge on any atom is 0.408 e. The fraction of sp³-hybridized carbons (Fsp3) is 0.558. The number of aromatic nitrogens is 3. The predicted molar refractivity (Wildman–Crippen MR) is 229 cm³/mol. The number of nitrogens with zero attached hydrogens (tertiary/aromatic N) is 5. The molecule has 2 saturated heterocycles. The van der Waals surface area contributed by atoms with Gasteiger partial charge in [-0.25, -0.2) is 15.2 Å². The summed E-state index contributed by atoms with van der Waals surface area (Å²) in [5, 5.41) is 31.2. The highest BCUT2D eigenvalue weighted by Crippen LogP contribution is 2.42. The van der Waals surface area contributed by atoms with Crippen molar-refractivity contribution in [3.63, 3.8) is 0 Å². The van der Waals surface area contributed by atoms with E-state index in [9.17, 15) is 24.6 Å². The van der Waals surface area contributed by atoms with E-state index in [2.05, 4.69) is 70.6 Å². The van der Waals surface area contributed by atoms with E-state index in [4.69, 9.17) is 19.4 Å². The lowest BCUT2D eigenvalue weighted by Crippen LogP contribution is -2.60. The van der Waals surface area contributed by atoms with Crippen LogP contribution in [0.2, 0.25) is 0 Å². The van der Waals surface area contributed by atoms with Crippen LogP contribution in [0.4, 0.5) is 10.5 Å². The van der Waals surface area contributed by atoms with Gasteiger partial charge in [0.15, 0.2) is 0 Å². The number of rotatable bonds is 14. The number of aliphatic carboxylic acids is 1. The van der Waals surface area contributed by atoms with Gasteiger partial charge in [0.1, 0.15) is 17.7 Å². The number of alkyl carbamates (subject to hydrolysis) is 1. The number of hydrogen-bond acceptors (Lipinski definition) is 12. The minimum atomic E-state index is -1.06. The summed E-state index contributed by atoms with van der Waals surface area (Å²) in [6.07, 6.45) is 2.49. The van der Waals surface area contributed by atoms with Crippen LogP contribution in [0.1, 0.15) is 83.7 Å². The van der Waals surface area contributed by atoms with E-state index in [1.165, 1.54) is 16.3 Å². The smallest absolute Gasteiger partial charge is 0.408 e. The Labute approximate surface area is 350 Å². The standard InChI is InChI=1S/C43H60N8O7S/c1-9-50-35-13-12-27(34-24-59-36(46-34)21-33(47-41(56)58-42(3,4)5)39(53)51-16-10-11-32(48-51)40(54)55)19-29(35)31(22-43(6,7)25-52)38(50)30-20-28(49-17-14-44-15-18-49)23-45-37(30)26(2)57-8/h12-13,19-20,23-24,26,32-33,44,48,52H,9-11,14-18,21-22,25H2,1-8H3,(H,47,56)(H,54,55)/t26-,32-,33-/m0/s1. The maximum absolute atomic E-state index is 13.9. The summed E-state index contributed by atoms with van der Waals surface area (Å²) >= 11 is 1.38. The molecule has 6 rings (SSSR count). The van der Waals surface area contributed by atoms with Crippen molar-refractivity contribution in [1.29, 1.82) is 0 Å². The molecule has 2 fully saturated rings. The maximum atomic E-state index is 13.9. The van der Waals surface area contributed by atoms with E-state index < -0.39 is 41.1 Å². The number of aryl methyl sites for hydroxylation is 1. The number of carboxylic acids is 1. The van der Waals surface area contributed by atoms with E-state index in [1.54, 1.807) is 27.9 Å². The first kappa shape index (κ1) is 44.0. The van der Waals surface area contributed by atoms with Crippen molar-refractivity contribution in [2.45, 2.75) is 104 Å². The van der Waals surface area contributed by atoms with Gasteiger partial charge >= 0.3 is 12.1 Å². The number of fused-ring (bicyclic) bond motifs is 1. The number of methoxy groups -OCH3 is 1. The lowest BCUT2D eigenvalue weighted by atomic mass is 9.84. The number of carbonyl (C=O) groups is 3. The highest BCUT2D eigenvalue weighted by Gasteiger charge is 2.34. The Bertz CT molecular complexity index is 2140. The van der Waals surface area contributed by atoms with Crippen LogP contribution in [0.5, 0.6) is 0 Å². The lowest BCUT2D eigenvalue weighted by molar-refractivity contribution is -0.147. The van der Waals surface area contributed by atoms with Crippen molar-refractivity contribution in [1.82, 2.24) is 35.6 Å². The number of carboxylic acid groups (broad SMARTS) is 1. The lowest BCUT2D eigenvalue weighted by Gasteiger charge is -2.34. The van der Waals surface area contributed by atoms with E-state index in [0.717, 1.165) is 70.8 Å². The molecule has 5 N–H and O–H groups in total. The average molecular weight is 833 g/mol. The predicted octanol–water partition coefficient (Wildman–Crippen LogP) is 5.54. The van der Waals surface area contributed by atoms with E-state index >= 15 is 0 Å². The first-order valence-corrected chi connectivity index (χ1v) is 21.4. The van der Waals surface area contributed by atoms with Gasteiger partial charge in [-0.15, -0.1) is 11.3 Å². The number of pyridine rings is 1. The monoisotopic (exact) mass is 832 g/mol. The number of nitrogens with one attached hydrogen (secondary N) is 3. The molecule has 0 unspecified atom stereocenters. The van der Waals surface area contributed by atoms with Crippen molar-refractivity contribution in [3.05, 3.63) is 52.1 Å². The summed E-state index contributed by atoms with van der Waals surface area (Å²) in [6, 6.07) is 6.61. The molecule has 2 aliphatic heterocycles. The number of benzene rings is 1. The Morgan fingerprint density at radius 3 is 2.51 bits per heavy atom. The van der Waals surface area contributed by atoms with Gasteiger partial charge in [0.05, 0.1) is 40.1 Å². The van der Waals surface area contributed by atoms with Crippen LogP contribution in [0.25, 0.3) is 33.4 Å². The third-order valence-electron chi connectivity index (χ3n) is 10.9. The summed E-state index contributed by atoms with van der Waals surface area (Å²) in [4.78, 5) is 51.0. The normalized spacial score (nSPS) is 17.5. The number of hydrazine groups is 1. The molecule has 15 nitrogen and oxygen atoms in total. The van der Waals surface area contributed by atoms with Gasteiger partial charge < -0.3 is 39.8 Å². The van der Waals surface area contributed by atoms with Gasteiger partial charge in [-0.1, -0.05) is 19.9 Å². The number of thiazole rings is 1. The topological polar surface area (TPSA) is 183 Å². The Kier molecular flexibility index (Phi) is 13.7. The van der Waals surface area contributed by atoms with Crippen molar-refractivity contribution in [3.8, 4) is 22.5 Å². The molecule has 0 bridgehead atoms. The second-order valence-electron chi connectivity index (χ2n) is 17.2. The van der Waals surface area contributed by atoms with Gasteiger partial charge in [-0.2, -0.15) is 0 Å². The number of anilines is 1. The van der Waals surface area contributed by atoms with Crippen LogP contribution in [0.15, 0.2) is 35.8 Å². The first-order valence-electron chi connectivity index (χ1n) is 20.5. The van der Waals surface area contributed by atoms with Crippen LogP contribution in [-0.4, -0.2) is 112 Å². The first-order chi connectivity index (χ1) is 28.0. The van der Waals surface area contributed by atoms with Gasteiger partial charge in [-0.05, 0) is 83.1 Å². The van der Waals surface area contributed by atoms with Gasteiger partial charge in [0.25, 0.3) is 5.91 Å². The summed E-state index contributed by atoms with van der Waals surface area (Å²) in [7, 11) is 1.70. The Morgan fingerprint density at radius 2 is 1.85 bits per heavy atom. The van der Waals surface area contributed by atoms with Crippen molar-refractivity contribution in [2.75, 3.05) is 51.3 Å². The molecule has 0 saturated carbocycles. The summed E-state index contributed by atoms with van der Waals surface area (Å²) in [6.45, 7) is 18.1. The second-order valence-corrected chi connectivity index (χ2v) is 18.2. The molecule has 0 aliphatic carbocycles. The molecule has 16 heteroatoms. The highest BCUT2D eigenvalue weighted by molar-refractivity contribution is 7.10. The van der Waals surface area contributed by atoms with E-state index in [0.29, 0.717) is 43.1 Å². The van der Waals surface area contributed by atoms with Gasteiger partial charge in [0, 0.05) is 86.8 Å². The minimum Gasteiger partial charge on any atom is -0.480 e. The zero-order valence-corrected chi connectivity index (χ0v) is 36.4. The summed E-state index contributed by atoms with van der Waals surface area (Å²) < 4.78 is 13.7. The number of hydrogen-bond donors (Lipinski definition) is 5. The van der Waals surface area contributed by atoms with Crippen molar-refractivity contribution < 1.29 is 34.1 Å². The van der Waals surface area contributed by atoms with E-state index in [-0.39, 0.29) is 19.1 Å².